The Morgan fingerprint density at radius 1 is 0.426 bits per heavy atom. The molecule has 0 bridgehead atoms. The van der Waals surface area contributed by atoms with Crippen LogP contribution in [0, 0.1) is 12.1 Å². The smallest absolute Gasteiger partial charge is 0.248 e. The number of hydrogen-bond acceptors (Lipinski definition) is 3. The van der Waals surface area contributed by atoms with Crippen molar-refractivity contribution >= 4 is 35.8 Å². The van der Waals surface area contributed by atoms with Crippen molar-refractivity contribution < 1.29 is 29.6 Å². The van der Waals surface area contributed by atoms with E-state index in [-0.39, 0.29) is 20.1 Å². The molecular formula is C46H37IrN3O2P2-2. The van der Waals surface area contributed by atoms with Crippen LogP contribution in [0.4, 0.5) is 0 Å². The molecule has 8 rings (SSSR count). The van der Waals surface area contributed by atoms with Crippen LogP contribution in [-0.2, 0) is 24.7 Å². The number of benzene rings is 6. The second-order valence-electron chi connectivity index (χ2n) is 11.6. The number of pyridine rings is 2. The molecule has 2 heterocycles. The van der Waals surface area contributed by atoms with E-state index in [1.165, 1.54) is 0 Å². The van der Waals surface area contributed by atoms with Crippen molar-refractivity contribution in [1.29, 1.82) is 0 Å². The number of nitrogens with zero attached hydrogens (tertiary/aromatic N) is 3. The van der Waals surface area contributed by atoms with Gasteiger partial charge < -0.3 is 14.9 Å². The first-order chi connectivity index (χ1) is 26.1. The van der Waals surface area contributed by atoms with E-state index in [1.54, 1.807) is 12.4 Å². The molecule has 1 N–H and O–H groups in total. The minimum Gasteiger partial charge on any atom is -0.353 e. The third kappa shape index (κ3) is 10.4. The van der Waals surface area contributed by atoms with E-state index >= 15 is 0 Å². The summed E-state index contributed by atoms with van der Waals surface area (Å²) in [5.41, 5.74) is 4.02. The Kier molecular flexibility index (Phi) is 14.9. The summed E-state index contributed by atoms with van der Waals surface area (Å²) in [6.07, 6.45) is 3.58. The van der Waals surface area contributed by atoms with Crippen LogP contribution in [0.25, 0.3) is 22.5 Å². The molecular weight excluding hydrogens is 881 g/mol. The van der Waals surface area contributed by atoms with Gasteiger partial charge in [-0.1, -0.05) is 121 Å². The van der Waals surface area contributed by atoms with Gasteiger partial charge in [0.2, 0.25) is 7.29 Å². The Hall–Kier alpha value is -5.31. The first-order valence-electron chi connectivity index (χ1n) is 17.0. The average molecular weight is 918 g/mol. The van der Waals surface area contributed by atoms with Crippen LogP contribution in [0.1, 0.15) is 0 Å². The molecule has 6 aromatic carbocycles. The Morgan fingerprint density at radius 3 is 1.07 bits per heavy atom. The van der Waals surface area contributed by atoms with Gasteiger partial charge in [0.1, 0.15) is 7.28 Å². The van der Waals surface area contributed by atoms with E-state index in [4.69, 9.17) is 4.52 Å². The monoisotopic (exact) mass is 918 g/mol. The Labute approximate surface area is 331 Å². The maximum absolute atomic E-state index is 14.5. The molecule has 2 aromatic heterocycles. The Morgan fingerprint density at radius 2 is 0.759 bits per heavy atom. The zero-order chi connectivity index (χ0) is 36.6. The van der Waals surface area contributed by atoms with Gasteiger partial charge in [0, 0.05) is 53.7 Å². The molecule has 1 radical (unpaired) electrons. The Balaban J connectivity index is 0.000000184. The van der Waals surface area contributed by atoms with Crippen LogP contribution in [0.5, 0.6) is 0 Å². The van der Waals surface area contributed by atoms with E-state index < -0.39 is 14.6 Å². The fourth-order valence-corrected chi connectivity index (χ4v) is 11.4. The van der Waals surface area contributed by atoms with Crippen LogP contribution >= 0.6 is 14.6 Å². The van der Waals surface area contributed by atoms with Gasteiger partial charge in [-0.2, -0.15) is 0 Å². The van der Waals surface area contributed by atoms with Crippen molar-refractivity contribution in [3.63, 3.8) is 0 Å². The SMILES string of the molecule is O=P(N=P(O)(c1ccccc1)c1ccccc1)(c1ccccc1)c1ccccc1.[Ir].[c-]1ccccc1-c1ccccn1.[c-]1ccccc1-c1ccccn1. The molecule has 0 spiro atoms. The van der Waals surface area contributed by atoms with Crippen molar-refractivity contribution in [1.82, 2.24) is 9.97 Å². The van der Waals surface area contributed by atoms with Gasteiger partial charge in [0.05, 0.1) is 0 Å². The minimum atomic E-state index is -3.45. The van der Waals surface area contributed by atoms with Crippen molar-refractivity contribution in [3.8, 4) is 22.5 Å². The van der Waals surface area contributed by atoms with Crippen LogP contribution < -0.4 is 21.2 Å². The predicted octanol–water partition coefficient (Wildman–Crippen LogP) is 9.77. The predicted molar refractivity (Wildman–Crippen MR) is 220 cm³/mol. The Bertz CT molecular complexity index is 2120. The van der Waals surface area contributed by atoms with Gasteiger partial charge in [-0.3, -0.25) is 4.57 Å². The molecule has 0 amide bonds. The van der Waals surface area contributed by atoms with Gasteiger partial charge in [-0.15, -0.1) is 71.8 Å². The molecule has 5 nitrogen and oxygen atoms in total. The van der Waals surface area contributed by atoms with E-state index in [0.29, 0.717) is 21.2 Å². The summed E-state index contributed by atoms with van der Waals surface area (Å²) in [5, 5.41) is 2.57. The van der Waals surface area contributed by atoms with E-state index in [9.17, 15) is 9.46 Å². The summed E-state index contributed by atoms with van der Waals surface area (Å²) in [6.45, 7) is 0. The van der Waals surface area contributed by atoms with Crippen LogP contribution in [-0.4, -0.2) is 14.9 Å². The van der Waals surface area contributed by atoms with Gasteiger partial charge in [-0.05, 0) is 47.8 Å². The first kappa shape index (κ1) is 39.9. The molecule has 0 saturated carbocycles. The molecule has 0 fully saturated rings. The molecule has 0 aliphatic carbocycles. The minimum absolute atomic E-state index is 0. The first-order valence-corrected chi connectivity index (χ1v) is 20.4. The summed E-state index contributed by atoms with van der Waals surface area (Å²) in [7, 11) is -6.72. The van der Waals surface area contributed by atoms with E-state index in [1.807, 2.05) is 206 Å². The average Bonchev–Trinajstić information content (AvgIpc) is 3.26. The maximum atomic E-state index is 14.5. The summed E-state index contributed by atoms with van der Waals surface area (Å²) in [4.78, 5) is 20.4. The number of aromatic nitrogens is 2. The van der Waals surface area contributed by atoms with E-state index in [2.05, 4.69) is 22.1 Å². The van der Waals surface area contributed by atoms with E-state index in [0.717, 1.165) is 22.5 Å². The molecule has 54 heavy (non-hydrogen) atoms. The third-order valence-corrected chi connectivity index (χ3v) is 14.1. The summed E-state index contributed by atoms with van der Waals surface area (Å²) in [5.74, 6) is 0. The van der Waals surface area contributed by atoms with Gasteiger partial charge in [0.15, 0.2) is 0 Å². The second-order valence-corrected chi connectivity index (χ2v) is 16.7. The molecule has 0 unspecified atom stereocenters. The third-order valence-electron chi connectivity index (χ3n) is 8.00. The van der Waals surface area contributed by atoms with Crippen molar-refractivity contribution in [2.45, 2.75) is 0 Å². The standard InChI is InChI=1S/C24H21NO2P2.2C11H8N.Ir/c26-28(21-13-5-1-6-14-21,22-15-7-2-8-16-22)25-29(27,23-17-9-3-10-18-23)24-19-11-4-12-20-24;2*1-2-6-10(7-3-1)11-8-4-5-9-12-11;/h1-20,26H;2*1-6,8-9H;/q;2*-1;. The maximum Gasteiger partial charge on any atom is 0.248 e. The van der Waals surface area contributed by atoms with Crippen LogP contribution in [0.3, 0.4) is 0 Å². The van der Waals surface area contributed by atoms with Crippen LogP contribution in [0.2, 0.25) is 0 Å². The fourth-order valence-electron chi connectivity index (χ4n) is 5.37. The molecule has 0 aliphatic heterocycles. The molecule has 8 heteroatoms. The molecule has 269 valence electrons. The fraction of sp³-hybridized carbons (Fsp3) is 0. The summed E-state index contributed by atoms with van der Waals surface area (Å²) < 4.78 is 19.3. The molecule has 0 atom stereocenters. The van der Waals surface area contributed by atoms with Crippen molar-refractivity contribution in [2.75, 3.05) is 0 Å². The normalized spacial score (nSPS) is 10.6. The quantitative estimate of drug-likeness (QED) is 0.128. The molecule has 0 aliphatic rings. The summed E-state index contributed by atoms with van der Waals surface area (Å²) >= 11 is 0. The molecule has 8 aromatic rings. The topological polar surface area (TPSA) is 75.4 Å². The zero-order valence-electron chi connectivity index (χ0n) is 29.2. The van der Waals surface area contributed by atoms with Crippen LogP contribution in [0.15, 0.2) is 223 Å². The van der Waals surface area contributed by atoms with Gasteiger partial charge >= 0.3 is 0 Å². The molecule has 0 saturated heterocycles. The van der Waals surface area contributed by atoms with Gasteiger partial charge in [-0.25, -0.2) is 4.52 Å². The number of rotatable bonds is 7. The van der Waals surface area contributed by atoms with Crippen molar-refractivity contribution in [3.05, 3.63) is 231 Å². The van der Waals surface area contributed by atoms with Crippen molar-refractivity contribution in [2.24, 2.45) is 4.52 Å². The number of hydrogen-bond donors (Lipinski definition) is 1. The largest absolute Gasteiger partial charge is 0.353 e. The summed E-state index contributed by atoms with van der Waals surface area (Å²) in [6, 6.07) is 70.7. The zero-order valence-corrected chi connectivity index (χ0v) is 33.4. The second kappa shape index (κ2) is 20.2. The van der Waals surface area contributed by atoms with Gasteiger partial charge in [0.25, 0.3) is 0 Å².